The Bertz CT molecular complexity index is 924. The van der Waals surface area contributed by atoms with E-state index in [9.17, 15) is 4.79 Å². The second kappa shape index (κ2) is 6.78. The van der Waals surface area contributed by atoms with Gasteiger partial charge in [0.1, 0.15) is 0 Å². The molecule has 124 valence electrons. The largest absolute Gasteiger partial charge is 0.324 e. The summed E-state index contributed by atoms with van der Waals surface area (Å²) in [6.07, 6.45) is 2.11. The lowest BCUT2D eigenvalue weighted by Crippen LogP contribution is -2.18. The number of nitrogens with zero attached hydrogens (tertiary/aromatic N) is 4. The van der Waals surface area contributed by atoms with Crippen LogP contribution >= 0.6 is 23.4 Å². The fourth-order valence-electron chi connectivity index (χ4n) is 2.45. The molecule has 1 aromatic carbocycles. The van der Waals surface area contributed by atoms with Crippen LogP contribution in [-0.2, 0) is 11.2 Å². The number of anilines is 1. The maximum atomic E-state index is 12.4. The maximum absolute atomic E-state index is 12.4. The third-order valence-corrected chi connectivity index (χ3v) is 4.57. The SMILES string of the molecule is CSc1nc2nc(C)c(CC(=O)Nc3ccccc3Cl)c(C)n2n1. The summed E-state index contributed by atoms with van der Waals surface area (Å²) in [5, 5.41) is 8.38. The first-order chi connectivity index (χ1) is 11.5. The summed E-state index contributed by atoms with van der Waals surface area (Å²) in [5.41, 5.74) is 3.07. The molecule has 2 heterocycles. The molecular weight excluding hydrogens is 346 g/mol. The van der Waals surface area contributed by atoms with Crippen LogP contribution in [0.15, 0.2) is 29.4 Å². The van der Waals surface area contributed by atoms with Gasteiger partial charge in [-0.15, -0.1) is 5.10 Å². The molecule has 8 heteroatoms. The topological polar surface area (TPSA) is 72.2 Å². The van der Waals surface area contributed by atoms with Crippen molar-refractivity contribution in [3.63, 3.8) is 0 Å². The third-order valence-electron chi connectivity index (χ3n) is 3.70. The lowest BCUT2D eigenvalue weighted by atomic mass is 10.1. The van der Waals surface area contributed by atoms with E-state index in [-0.39, 0.29) is 12.3 Å². The molecule has 0 radical (unpaired) electrons. The van der Waals surface area contributed by atoms with E-state index in [0.29, 0.717) is 21.6 Å². The second-order valence-corrected chi connectivity index (χ2v) is 6.46. The van der Waals surface area contributed by atoms with E-state index in [4.69, 9.17) is 11.6 Å². The quantitative estimate of drug-likeness (QED) is 0.722. The molecule has 0 aliphatic heterocycles. The monoisotopic (exact) mass is 361 g/mol. The highest BCUT2D eigenvalue weighted by molar-refractivity contribution is 7.98. The van der Waals surface area contributed by atoms with Gasteiger partial charge >= 0.3 is 0 Å². The number of fused-ring (bicyclic) bond motifs is 1. The number of rotatable bonds is 4. The molecule has 0 fully saturated rings. The van der Waals surface area contributed by atoms with E-state index in [1.54, 1.807) is 16.6 Å². The number of para-hydroxylation sites is 1. The molecule has 0 spiro atoms. The number of halogens is 1. The van der Waals surface area contributed by atoms with Crippen molar-refractivity contribution in [3.8, 4) is 0 Å². The van der Waals surface area contributed by atoms with Crippen molar-refractivity contribution < 1.29 is 4.79 Å². The fourth-order valence-corrected chi connectivity index (χ4v) is 2.97. The Morgan fingerprint density at radius 1 is 1.29 bits per heavy atom. The van der Waals surface area contributed by atoms with Gasteiger partial charge in [0.15, 0.2) is 0 Å². The molecule has 6 nitrogen and oxygen atoms in total. The Balaban J connectivity index is 1.89. The van der Waals surface area contributed by atoms with E-state index >= 15 is 0 Å². The lowest BCUT2D eigenvalue weighted by Gasteiger charge is -2.11. The van der Waals surface area contributed by atoms with E-state index in [0.717, 1.165) is 17.0 Å². The van der Waals surface area contributed by atoms with Crippen LogP contribution in [0.1, 0.15) is 17.0 Å². The Kier molecular flexibility index (Phi) is 4.73. The Labute approximate surface area is 148 Å². The van der Waals surface area contributed by atoms with Crippen LogP contribution in [0, 0.1) is 13.8 Å². The first-order valence-electron chi connectivity index (χ1n) is 7.31. The standard InChI is InChI=1S/C16H16ClN5OS/c1-9-11(8-14(23)19-13-7-5-4-6-12(13)17)10(2)22-15(18-9)20-16(21-22)24-3/h4-7H,8H2,1-3H3,(H,19,23). The summed E-state index contributed by atoms with van der Waals surface area (Å²) in [4.78, 5) is 21.2. The first kappa shape index (κ1) is 16.7. The molecule has 24 heavy (non-hydrogen) atoms. The van der Waals surface area contributed by atoms with Gasteiger partial charge in [-0.1, -0.05) is 35.5 Å². The molecule has 0 bridgehead atoms. The predicted molar refractivity (Wildman–Crippen MR) is 95.8 cm³/mol. The average Bonchev–Trinajstić information content (AvgIpc) is 2.97. The Morgan fingerprint density at radius 2 is 2.04 bits per heavy atom. The summed E-state index contributed by atoms with van der Waals surface area (Å²) in [7, 11) is 0. The highest BCUT2D eigenvalue weighted by Crippen LogP contribution is 2.22. The molecule has 0 atom stereocenters. The number of hydrogen-bond donors (Lipinski definition) is 1. The van der Waals surface area contributed by atoms with Crippen molar-refractivity contribution in [2.75, 3.05) is 11.6 Å². The van der Waals surface area contributed by atoms with Crippen molar-refractivity contribution in [1.29, 1.82) is 0 Å². The van der Waals surface area contributed by atoms with E-state index in [1.165, 1.54) is 11.8 Å². The van der Waals surface area contributed by atoms with Crippen molar-refractivity contribution in [3.05, 3.63) is 46.2 Å². The van der Waals surface area contributed by atoms with Gasteiger partial charge in [-0.05, 0) is 32.2 Å². The van der Waals surface area contributed by atoms with Gasteiger partial charge in [0.25, 0.3) is 5.78 Å². The van der Waals surface area contributed by atoms with Crippen LogP contribution in [0.4, 0.5) is 5.69 Å². The predicted octanol–water partition coefficient (Wildman–Crippen LogP) is 3.30. The molecular formula is C16H16ClN5OS. The fraction of sp³-hybridized carbons (Fsp3) is 0.250. The molecule has 0 aliphatic rings. The number of carbonyl (C=O) groups is 1. The van der Waals surface area contributed by atoms with Crippen molar-refractivity contribution in [1.82, 2.24) is 19.6 Å². The normalized spacial score (nSPS) is 11.0. The lowest BCUT2D eigenvalue weighted by molar-refractivity contribution is -0.115. The van der Waals surface area contributed by atoms with Crippen LogP contribution in [0.2, 0.25) is 5.02 Å². The molecule has 0 saturated carbocycles. The van der Waals surface area contributed by atoms with E-state index in [1.807, 2.05) is 32.2 Å². The molecule has 3 aromatic rings. The van der Waals surface area contributed by atoms with Gasteiger partial charge in [0, 0.05) is 17.0 Å². The van der Waals surface area contributed by atoms with Gasteiger partial charge < -0.3 is 5.32 Å². The van der Waals surface area contributed by atoms with Crippen molar-refractivity contribution in [2.24, 2.45) is 0 Å². The molecule has 3 rings (SSSR count). The summed E-state index contributed by atoms with van der Waals surface area (Å²) in [5.74, 6) is 0.394. The zero-order valence-electron chi connectivity index (χ0n) is 13.5. The van der Waals surface area contributed by atoms with E-state index < -0.39 is 0 Å². The number of benzene rings is 1. The minimum Gasteiger partial charge on any atom is -0.324 e. The Morgan fingerprint density at radius 3 is 2.75 bits per heavy atom. The number of carbonyl (C=O) groups excluding carboxylic acids is 1. The van der Waals surface area contributed by atoms with E-state index in [2.05, 4.69) is 20.4 Å². The summed E-state index contributed by atoms with van der Waals surface area (Å²) in [6.45, 7) is 3.79. The van der Waals surface area contributed by atoms with Crippen LogP contribution < -0.4 is 5.32 Å². The number of thioether (sulfide) groups is 1. The molecule has 1 amide bonds. The molecule has 0 aliphatic carbocycles. The number of aryl methyl sites for hydroxylation is 2. The second-order valence-electron chi connectivity index (χ2n) is 5.28. The number of amides is 1. The molecule has 2 aromatic heterocycles. The Hall–Kier alpha value is -2.12. The number of nitrogens with one attached hydrogen (secondary N) is 1. The summed E-state index contributed by atoms with van der Waals surface area (Å²) >= 11 is 7.53. The summed E-state index contributed by atoms with van der Waals surface area (Å²) in [6, 6.07) is 7.15. The number of aromatic nitrogens is 4. The zero-order valence-corrected chi connectivity index (χ0v) is 15.1. The highest BCUT2D eigenvalue weighted by Gasteiger charge is 2.16. The molecule has 0 saturated heterocycles. The van der Waals surface area contributed by atoms with Crippen molar-refractivity contribution >= 4 is 40.7 Å². The smallest absolute Gasteiger partial charge is 0.253 e. The minimum atomic E-state index is -0.152. The highest BCUT2D eigenvalue weighted by atomic mass is 35.5. The maximum Gasteiger partial charge on any atom is 0.253 e. The van der Waals surface area contributed by atoms with Gasteiger partial charge in [0.2, 0.25) is 11.1 Å². The van der Waals surface area contributed by atoms with Gasteiger partial charge in [-0.2, -0.15) is 4.98 Å². The van der Waals surface area contributed by atoms with Gasteiger partial charge in [-0.3, -0.25) is 4.79 Å². The van der Waals surface area contributed by atoms with Crippen LogP contribution in [-0.4, -0.2) is 31.7 Å². The zero-order chi connectivity index (χ0) is 17.3. The average molecular weight is 362 g/mol. The summed E-state index contributed by atoms with van der Waals surface area (Å²) < 4.78 is 1.68. The van der Waals surface area contributed by atoms with Crippen LogP contribution in [0.3, 0.4) is 0 Å². The van der Waals surface area contributed by atoms with Crippen LogP contribution in [0.25, 0.3) is 5.78 Å². The molecule has 1 N–H and O–H groups in total. The van der Waals surface area contributed by atoms with Gasteiger partial charge in [0.05, 0.1) is 17.1 Å². The van der Waals surface area contributed by atoms with Gasteiger partial charge in [-0.25, -0.2) is 9.50 Å². The third kappa shape index (κ3) is 3.22. The number of hydrogen-bond acceptors (Lipinski definition) is 5. The molecule has 0 unspecified atom stereocenters. The van der Waals surface area contributed by atoms with Crippen molar-refractivity contribution in [2.45, 2.75) is 25.4 Å². The minimum absolute atomic E-state index is 0.152. The first-order valence-corrected chi connectivity index (χ1v) is 8.91. The van der Waals surface area contributed by atoms with Crippen LogP contribution in [0.5, 0.6) is 0 Å².